The van der Waals surface area contributed by atoms with Crippen LogP contribution in [0, 0.1) is 31.6 Å². The summed E-state index contributed by atoms with van der Waals surface area (Å²) in [5.74, 6) is -7.45. The minimum Gasteiger partial charge on any atom is -0.378 e. The first-order valence-corrected chi connectivity index (χ1v) is 25.5. The summed E-state index contributed by atoms with van der Waals surface area (Å²) in [4.78, 5) is 56.1. The summed E-state index contributed by atoms with van der Waals surface area (Å²) in [6.45, 7) is 7.05. The van der Waals surface area contributed by atoms with E-state index in [9.17, 15) is 53.9 Å². The van der Waals surface area contributed by atoms with E-state index >= 15 is 0 Å². The zero-order valence-electron chi connectivity index (χ0n) is 42.3. The van der Waals surface area contributed by atoms with Crippen LogP contribution in [0.25, 0.3) is 39.7 Å². The summed E-state index contributed by atoms with van der Waals surface area (Å²) in [6.07, 6.45) is -10.2. The van der Waals surface area contributed by atoms with Crippen LogP contribution in [0.2, 0.25) is 0 Å². The van der Waals surface area contributed by atoms with Gasteiger partial charge >= 0.3 is 18.5 Å². The third kappa shape index (κ3) is 9.79. The molecule has 9 heterocycles. The Balaban J connectivity index is 0.730. The molecule has 4 fully saturated rings. The Morgan fingerprint density at radius 1 is 0.588 bits per heavy atom. The van der Waals surface area contributed by atoms with Gasteiger partial charge in [0.15, 0.2) is 16.9 Å². The van der Waals surface area contributed by atoms with E-state index in [4.69, 9.17) is 13.8 Å². The van der Waals surface area contributed by atoms with Gasteiger partial charge in [0.2, 0.25) is 0 Å². The number of morpholine rings is 1. The fourth-order valence-corrected chi connectivity index (χ4v) is 10.6. The maximum Gasteiger partial charge on any atom is 0.408 e. The van der Waals surface area contributed by atoms with Gasteiger partial charge in [-0.1, -0.05) is 17.2 Å². The molecule has 8 aromatic heterocycles. The number of carbonyl (C=O) groups is 3. The Hall–Kier alpha value is -8.18. The van der Waals surface area contributed by atoms with Crippen LogP contribution in [0.3, 0.4) is 0 Å². The highest BCUT2D eigenvalue weighted by Crippen LogP contribution is 2.54. The maximum atomic E-state index is 14.9. The highest BCUT2D eigenvalue weighted by Gasteiger charge is 2.58. The van der Waals surface area contributed by atoms with Gasteiger partial charge in [-0.25, -0.2) is 28.5 Å². The number of rotatable bonds is 15. The minimum absolute atomic E-state index is 0.0302. The number of carbonyl (C=O) groups excluding carboxylic acids is 3. The topological polar surface area (TPSA) is 242 Å². The van der Waals surface area contributed by atoms with Crippen LogP contribution in [-0.2, 0) is 11.2 Å². The zero-order chi connectivity index (χ0) is 56.3. The molecule has 6 unspecified atom stereocenters. The first-order valence-electron chi connectivity index (χ1n) is 25.5. The van der Waals surface area contributed by atoms with Crippen molar-refractivity contribution < 1.29 is 67.7 Å². The Morgan fingerprint density at radius 3 is 1.44 bits per heavy atom. The molecule has 1 saturated heterocycles. The zero-order valence-corrected chi connectivity index (χ0v) is 42.3. The molecule has 0 aromatic carbocycles. The van der Waals surface area contributed by atoms with Gasteiger partial charge in [-0.3, -0.25) is 14.4 Å². The number of hydrogen-bond donors (Lipinski definition) is 3. The summed E-state index contributed by atoms with van der Waals surface area (Å²) < 4.78 is 151. The largest absolute Gasteiger partial charge is 0.408 e. The van der Waals surface area contributed by atoms with Gasteiger partial charge in [0.1, 0.15) is 63.5 Å². The smallest absolute Gasteiger partial charge is 0.378 e. The molecule has 420 valence electrons. The lowest BCUT2D eigenvalue weighted by molar-refractivity contribution is -0.159. The number of aryl methyl sites for hydroxylation is 3. The SMILES string of the molecule is CCc1cc(N2CCOCC2)nc2c(C(=O)NC(C3CC3c3cc(-c4cc(C)n5ncc(C(=O)NC(C6CC6c6cc(-c7cc(C)n8ncc(C(=O)N[C@H](C9CC9)C(F)(F)F)c8n7)no6)C(F)(F)F)c5n4)no3)C(F)(F)F)cnn12. The number of aromatic nitrogens is 11. The van der Waals surface area contributed by atoms with E-state index in [1.807, 2.05) is 17.9 Å². The monoisotopic (exact) mass is 1120 g/mol. The van der Waals surface area contributed by atoms with Crippen molar-refractivity contribution in [1.82, 2.24) is 70.1 Å². The van der Waals surface area contributed by atoms with Crippen LogP contribution in [0.1, 0.15) is 104 Å². The molecule has 12 rings (SSSR count). The molecule has 21 nitrogen and oxygen atoms in total. The van der Waals surface area contributed by atoms with E-state index in [-0.39, 0.29) is 80.8 Å². The first-order chi connectivity index (χ1) is 38.0. The van der Waals surface area contributed by atoms with Crippen molar-refractivity contribution in [3.63, 3.8) is 0 Å². The van der Waals surface area contributed by atoms with Crippen LogP contribution in [0.15, 0.2) is 58.0 Å². The molecule has 8 aromatic rings. The number of nitrogens with zero attached hydrogens (tertiary/aromatic N) is 12. The molecule has 7 atom stereocenters. The highest BCUT2D eigenvalue weighted by molar-refractivity contribution is 6.01. The van der Waals surface area contributed by atoms with Crippen LogP contribution in [-0.4, -0.2) is 135 Å². The molecule has 0 spiro atoms. The summed E-state index contributed by atoms with van der Waals surface area (Å²) in [6, 6.07) is 0.790. The minimum atomic E-state index is -4.97. The first kappa shape index (κ1) is 52.5. The summed E-state index contributed by atoms with van der Waals surface area (Å²) >= 11 is 0. The van der Waals surface area contributed by atoms with Crippen molar-refractivity contribution in [3.05, 3.63) is 94.2 Å². The van der Waals surface area contributed by atoms with Crippen LogP contribution < -0.4 is 20.9 Å². The second-order valence-electron chi connectivity index (χ2n) is 20.6. The molecule has 4 aliphatic rings. The van der Waals surface area contributed by atoms with Crippen LogP contribution in [0.5, 0.6) is 0 Å². The lowest BCUT2D eigenvalue weighted by Crippen LogP contribution is -2.47. The van der Waals surface area contributed by atoms with Crippen molar-refractivity contribution in [3.8, 4) is 22.8 Å². The van der Waals surface area contributed by atoms with Gasteiger partial charge < -0.3 is 34.6 Å². The molecule has 3 aliphatic carbocycles. The highest BCUT2D eigenvalue weighted by atomic mass is 19.4. The van der Waals surface area contributed by atoms with E-state index in [0.29, 0.717) is 68.5 Å². The Bertz CT molecular complexity index is 3740. The molecular formula is C50H46F9N15O6. The number of amides is 3. The van der Waals surface area contributed by atoms with Crippen molar-refractivity contribution in [2.45, 2.75) is 101 Å². The van der Waals surface area contributed by atoms with Crippen molar-refractivity contribution in [1.29, 1.82) is 0 Å². The molecule has 80 heavy (non-hydrogen) atoms. The van der Waals surface area contributed by atoms with E-state index in [1.54, 1.807) is 13.8 Å². The third-order valence-corrected chi connectivity index (χ3v) is 15.1. The van der Waals surface area contributed by atoms with E-state index in [0.717, 1.165) is 12.4 Å². The Kier molecular flexibility index (Phi) is 12.7. The van der Waals surface area contributed by atoms with E-state index in [2.05, 4.69) is 56.5 Å². The van der Waals surface area contributed by atoms with Gasteiger partial charge in [-0.05, 0) is 75.8 Å². The number of halogens is 9. The van der Waals surface area contributed by atoms with Crippen LogP contribution in [0.4, 0.5) is 45.3 Å². The van der Waals surface area contributed by atoms with Gasteiger partial charge in [0.05, 0.1) is 43.2 Å². The molecule has 3 saturated carbocycles. The predicted molar refractivity (Wildman–Crippen MR) is 258 cm³/mol. The molecular weight excluding hydrogens is 1080 g/mol. The lowest BCUT2D eigenvalue weighted by atomic mass is 10.1. The molecule has 0 bridgehead atoms. The third-order valence-electron chi connectivity index (χ3n) is 15.1. The number of nitrogens with one attached hydrogen (secondary N) is 3. The van der Waals surface area contributed by atoms with Gasteiger partial charge in [0.25, 0.3) is 17.7 Å². The Morgan fingerprint density at radius 2 is 1.01 bits per heavy atom. The summed E-state index contributed by atoms with van der Waals surface area (Å²) in [5, 5.41) is 26.9. The normalized spacial score (nSPS) is 20.8. The van der Waals surface area contributed by atoms with Gasteiger partial charge in [-0.15, -0.1) is 0 Å². The quantitative estimate of drug-likeness (QED) is 0.0864. The predicted octanol–water partition coefficient (Wildman–Crippen LogP) is 7.14. The Labute approximate surface area is 444 Å². The summed E-state index contributed by atoms with van der Waals surface area (Å²) in [7, 11) is 0. The van der Waals surface area contributed by atoms with E-state index in [1.165, 1.54) is 44.0 Å². The molecule has 30 heteroatoms. The van der Waals surface area contributed by atoms with Crippen LogP contribution >= 0.6 is 0 Å². The number of hydrogen-bond acceptors (Lipinski definition) is 15. The van der Waals surface area contributed by atoms with Crippen molar-refractivity contribution in [2.24, 2.45) is 17.8 Å². The number of anilines is 1. The number of ether oxygens (including phenoxy) is 1. The van der Waals surface area contributed by atoms with Gasteiger partial charge in [0, 0.05) is 60.2 Å². The maximum absolute atomic E-state index is 14.9. The second-order valence-corrected chi connectivity index (χ2v) is 20.6. The average Bonchev–Trinajstić information content (AvgIpc) is 4.37. The molecule has 0 radical (unpaired) electrons. The molecule has 3 amide bonds. The number of fused-ring (bicyclic) bond motifs is 3. The van der Waals surface area contributed by atoms with Gasteiger partial charge in [-0.2, -0.15) is 54.8 Å². The number of alkyl halides is 9. The lowest BCUT2D eigenvalue weighted by Gasteiger charge is -2.28. The standard InChI is InChI=1S/C50H46F9N15O6/c1-4-24-13-38(71-7-9-78-10-8-71)65-44-31(20-62-74(24)44)47(77)68-41(50(57,58)59)28-15-26(28)37-17-35(70-80-37)33-12-22(3)73-43(64-33)30(19-61-73)46(76)67-40(49(54,55)56)27-14-25(27)36-16-34(69-79-36)32-11-21(2)72-42(63-32)29(18-60-72)45(75)66-39(23-5-6-23)48(51,52)53/h11-13,16-20,23,25-28,39-41H,4-10,14-15H2,1-3H3,(H,66,75)(H,67,76)(H,68,77)/t25?,26?,27?,28?,39-,40?,41?/m1/s1. The van der Waals surface area contributed by atoms with E-state index < -0.39 is 84.0 Å². The van der Waals surface area contributed by atoms with Crippen molar-refractivity contribution in [2.75, 3.05) is 31.2 Å². The molecule has 1 aliphatic heterocycles. The fraction of sp³-hybridized carbons (Fsp3) is 0.460. The summed E-state index contributed by atoms with van der Waals surface area (Å²) in [5.41, 5.74) is 0.858. The second kappa shape index (κ2) is 19.3. The molecule has 3 N–H and O–H groups in total. The fourth-order valence-electron chi connectivity index (χ4n) is 10.6. The average molecular weight is 1120 g/mol. The van der Waals surface area contributed by atoms with Crippen molar-refractivity contribution >= 4 is 40.5 Å².